The van der Waals surface area contributed by atoms with E-state index in [2.05, 4.69) is 21.0 Å². The fourth-order valence-electron chi connectivity index (χ4n) is 4.69. The van der Waals surface area contributed by atoms with Crippen molar-refractivity contribution in [3.8, 4) is 6.07 Å². The van der Waals surface area contributed by atoms with E-state index in [9.17, 15) is 9.90 Å². The summed E-state index contributed by atoms with van der Waals surface area (Å²) in [6, 6.07) is 4.70. The molecule has 0 bridgehead atoms. The second-order valence-corrected chi connectivity index (χ2v) is 8.80. The molecule has 144 valence electrons. The van der Waals surface area contributed by atoms with E-state index in [1.807, 2.05) is 12.3 Å². The average molecular weight is 395 g/mol. The lowest BCUT2D eigenvalue weighted by Crippen LogP contribution is -2.48. The van der Waals surface area contributed by atoms with Crippen molar-refractivity contribution in [2.45, 2.75) is 44.1 Å². The number of nitrogens with zero attached hydrogens (tertiary/aromatic N) is 5. The number of carboxylic acid groups (broad SMARTS) is 1. The molecular weight excluding hydrogens is 374 g/mol. The molecule has 0 radical (unpaired) electrons. The quantitative estimate of drug-likeness (QED) is 0.710. The molecule has 0 aromatic carbocycles. The lowest BCUT2D eigenvalue weighted by atomic mass is 9.84. The highest BCUT2D eigenvalue weighted by molar-refractivity contribution is 7.18. The van der Waals surface area contributed by atoms with E-state index in [-0.39, 0.29) is 5.92 Å². The van der Waals surface area contributed by atoms with Gasteiger partial charge in [0.25, 0.3) is 0 Å². The first-order chi connectivity index (χ1) is 13.7. The third kappa shape index (κ3) is 2.73. The van der Waals surface area contributed by atoms with Crippen LogP contribution in [0.2, 0.25) is 0 Å². The lowest BCUT2D eigenvalue weighted by Gasteiger charge is -2.38. The second-order valence-electron chi connectivity index (χ2n) is 7.89. The zero-order valence-electron chi connectivity index (χ0n) is 15.4. The number of imidazole rings is 1. The van der Waals surface area contributed by atoms with Crippen molar-refractivity contribution < 1.29 is 9.90 Å². The first-order valence-corrected chi connectivity index (χ1v) is 10.6. The Morgan fingerprint density at radius 3 is 2.79 bits per heavy atom. The van der Waals surface area contributed by atoms with Crippen LogP contribution in [0, 0.1) is 17.2 Å². The molecule has 1 amide bonds. The molecular formula is C20H21N5O2S. The van der Waals surface area contributed by atoms with Crippen molar-refractivity contribution in [1.82, 2.24) is 19.4 Å². The smallest absolute Gasteiger partial charge is 0.407 e. The van der Waals surface area contributed by atoms with Crippen LogP contribution in [0.1, 0.15) is 49.9 Å². The van der Waals surface area contributed by atoms with E-state index in [1.54, 1.807) is 11.3 Å². The maximum absolute atomic E-state index is 11.2. The van der Waals surface area contributed by atoms with Crippen LogP contribution in [0.5, 0.6) is 0 Å². The van der Waals surface area contributed by atoms with Crippen molar-refractivity contribution in [2.75, 3.05) is 13.1 Å². The molecule has 3 aromatic rings. The fraction of sp³-hybridized carbons (Fsp3) is 0.500. The van der Waals surface area contributed by atoms with Crippen LogP contribution >= 0.6 is 11.3 Å². The lowest BCUT2D eigenvalue weighted by molar-refractivity contribution is 0.101. The van der Waals surface area contributed by atoms with Gasteiger partial charge in [-0.1, -0.05) is 0 Å². The summed E-state index contributed by atoms with van der Waals surface area (Å²) < 4.78 is 3.55. The number of pyridine rings is 1. The van der Waals surface area contributed by atoms with Gasteiger partial charge in [0.1, 0.15) is 11.3 Å². The van der Waals surface area contributed by atoms with Crippen LogP contribution in [-0.4, -0.2) is 43.7 Å². The van der Waals surface area contributed by atoms with Crippen LogP contribution in [0.4, 0.5) is 4.79 Å². The molecule has 2 fully saturated rings. The highest BCUT2D eigenvalue weighted by Gasteiger charge is 2.37. The van der Waals surface area contributed by atoms with E-state index >= 15 is 0 Å². The summed E-state index contributed by atoms with van der Waals surface area (Å²) in [7, 11) is 0. The third-order valence-electron chi connectivity index (χ3n) is 6.23. The second kappa shape index (κ2) is 6.74. The van der Waals surface area contributed by atoms with E-state index in [4.69, 9.17) is 10.2 Å². The Kier molecular flexibility index (Phi) is 4.20. The zero-order valence-corrected chi connectivity index (χ0v) is 16.2. The van der Waals surface area contributed by atoms with Gasteiger partial charge in [-0.3, -0.25) is 4.98 Å². The molecule has 2 aliphatic rings. The summed E-state index contributed by atoms with van der Waals surface area (Å²) >= 11 is 1.69. The fourth-order valence-corrected chi connectivity index (χ4v) is 5.58. The molecule has 1 aliphatic carbocycles. The Morgan fingerprint density at radius 2 is 2.07 bits per heavy atom. The predicted molar refractivity (Wildman–Crippen MR) is 106 cm³/mol. The van der Waals surface area contributed by atoms with E-state index in [1.165, 1.54) is 4.90 Å². The van der Waals surface area contributed by atoms with Gasteiger partial charge in [0.15, 0.2) is 0 Å². The number of carbonyl (C=O) groups is 1. The van der Waals surface area contributed by atoms with Crippen molar-refractivity contribution in [3.63, 3.8) is 0 Å². The number of likely N-dealkylation sites (tertiary alicyclic amines) is 1. The van der Waals surface area contributed by atoms with Gasteiger partial charge in [0.2, 0.25) is 0 Å². The average Bonchev–Trinajstić information content (AvgIpc) is 3.25. The first-order valence-electron chi connectivity index (χ1n) is 9.74. The molecule has 5 rings (SSSR count). The number of hydrogen-bond donors (Lipinski definition) is 1. The summed E-state index contributed by atoms with van der Waals surface area (Å²) in [5, 5.41) is 20.3. The summed E-state index contributed by atoms with van der Waals surface area (Å²) in [6.45, 7) is 1.01. The van der Waals surface area contributed by atoms with Crippen LogP contribution in [-0.2, 0) is 0 Å². The predicted octanol–water partition coefficient (Wildman–Crippen LogP) is 4.37. The van der Waals surface area contributed by atoms with Gasteiger partial charge in [0, 0.05) is 25.6 Å². The number of thiophene rings is 1. The number of hydrogen-bond acceptors (Lipinski definition) is 5. The SMILES string of the molecule is N#CC[C@H]1CC[C@H](n2c(C3CN(C(=O)O)C3)nc3cnc4ccsc4c32)CC1. The maximum Gasteiger partial charge on any atom is 0.407 e. The molecule has 0 atom stereocenters. The van der Waals surface area contributed by atoms with Crippen LogP contribution in [0.3, 0.4) is 0 Å². The summed E-state index contributed by atoms with van der Waals surface area (Å²) in [6.07, 6.45) is 5.81. The van der Waals surface area contributed by atoms with E-state index < -0.39 is 6.09 Å². The van der Waals surface area contributed by atoms with Crippen LogP contribution in [0.25, 0.3) is 21.3 Å². The van der Waals surface area contributed by atoms with Crippen molar-refractivity contribution in [2.24, 2.45) is 5.92 Å². The minimum Gasteiger partial charge on any atom is -0.465 e. The van der Waals surface area contributed by atoms with Crippen LogP contribution in [0.15, 0.2) is 17.6 Å². The molecule has 1 saturated carbocycles. The minimum atomic E-state index is -0.863. The monoisotopic (exact) mass is 395 g/mol. The highest BCUT2D eigenvalue weighted by Crippen LogP contribution is 2.41. The van der Waals surface area contributed by atoms with Gasteiger partial charge >= 0.3 is 6.09 Å². The standard InChI is InChI=1S/C20H21N5O2S/c21-7-5-12-1-3-14(4-2-12)25-17-16(9-22-15-6-8-28-18(15)17)23-19(25)13-10-24(11-13)20(26)27/h6,8-9,12-14H,1-5,10-11H2,(H,26,27)/t12-,14-. The molecule has 1 saturated heterocycles. The summed E-state index contributed by atoms with van der Waals surface area (Å²) in [5.41, 5.74) is 3.04. The molecule has 1 N–H and O–H groups in total. The first kappa shape index (κ1) is 17.4. The Balaban J connectivity index is 1.57. The molecule has 0 spiro atoms. The van der Waals surface area contributed by atoms with Gasteiger partial charge in [0.05, 0.1) is 33.9 Å². The van der Waals surface area contributed by atoms with Gasteiger partial charge in [-0.05, 0) is 43.0 Å². The van der Waals surface area contributed by atoms with Gasteiger partial charge in [-0.25, -0.2) is 9.78 Å². The summed E-state index contributed by atoms with van der Waals surface area (Å²) in [4.78, 5) is 22.1. The minimum absolute atomic E-state index is 0.135. The topological polar surface area (TPSA) is 95.0 Å². The maximum atomic E-state index is 11.2. The number of aromatic nitrogens is 3. The third-order valence-corrected chi connectivity index (χ3v) is 7.14. The molecule has 28 heavy (non-hydrogen) atoms. The Bertz CT molecular complexity index is 1080. The normalized spacial score (nSPS) is 23.0. The van der Waals surface area contributed by atoms with Gasteiger partial charge in [-0.2, -0.15) is 5.26 Å². The summed E-state index contributed by atoms with van der Waals surface area (Å²) in [5.74, 6) is 1.63. The van der Waals surface area contributed by atoms with Crippen molar-refractivity contribution in [3.05, 3.63) is 23.5 Å². The number of nitriles is 1. The molecule has 4 heterocycles. The van der Waals surface area contributed by atoms with Gasteiger partial charge < -0.3 is 14.6 Å². The molecule has 8 heteroatoms. The van der Waals surface area contributed by atoms with Gasteiger partial charge in [-0.15, -0.1) is 11.3 Å². The highest BCUT2D eigenvalue weighted by atomic mass is 32.1. The van der Waals surface area contributed by atoms with Crippen molar-refractivity contribution >= 4 is 38.7 Å². The number of fused-ring (bicyclic) bond motifs is 3. The molecule has 7 nitrogen and oxygen atoms in total. The molecule has 0 unspecified atom stereocenters. The number of rotatable bonds is 3. The largest absolute Gasteiger partial charge is 0.465 e. The molecule has 3 aromatic heterocycles. The molecule has 1 aliphatic heterocycles. The Hall–Kier alpha value is -2.66. The van der Waals surface area contributed by atoms with E-state index in [0.29, 0.717) is 31.5 Å². The van der Waals surface area contributed by atoms with E-state index in [0.717, 1.165) is 52.8 Å². The van der Waals surface area contributed by atoms with Crippen LogP contribution < -0.4 is 0 Å². The zero-order chi connectivity index (χ0) is 19.3. The Labute approximate surface area is 166 Å². The van der Waals surface area contributed by atoms with Crippen molar-refractivity contribution in [1.29, 1.82) is 5.26 Å². The Morgan fingerprint density at radius 1 is 1.29 bits per heavy atom. The number of amides is 1.